The van der Waals surface area contributed by atoms with Gasteiger partial charge in [0.05, 0.1) is 13.1 Å². The van der Waals surface area contributed by atoms with Crippen molar-refractivity contribution < 1.29 is 4.79 Å². The molecular weight excluding hydrogens is 154 g/mol. The summed E-state index contributed by atoms with van der Waals surface area (Å²) >= 11 is 0. The van der Waals surface area contributed by atoms with E-state index < -0.39 is 0 Å². The van der Waals surface area contributed by atoms with Gasteiger partial charge in [-0.1, -0.05) is 6.42 Å². The predicted octanol–water partition coefficient (Wildman–Crippen LogP) is 1.11. The molecule has 0 aromatic heterocycles. The topological polar surface area (TPSA) is 67.8 Å². The molecule has 0 aliphatic carbocycles. The minimum atomic E-state index is -0.188. The van der Waals surface area contributed by atoms with Crippen LogP contribution < -0.4 is 5.73 Å². The van der Waals surface area contributed by atoms with Gasteiger partial charge >= 0.3 is 0 Å². The van der Waals surface area contributed by atoms with Gasteiger partial charge in [0.15, 0.2) is 0 Å². The largest absolute Gasteiger partial charge is 0.369 e. The Kier molecular flexibility index (Phi) is 3.70. The highest BCUT2D eigenvalue weighted by molar-refractivity contribution is 5.76. The molecule has 0 saturated carbocycles. The second kappa shape index (κ2) is 4.85. The molecule has 1 heterocycles. The lowest BCUT2D eigenvalue weighted by Crippen LogP contribution is -2.23. The number of hydrogen-bond acceptors (Lipinski definition) is 3. The van der Waals surface area contributed by atoms with E-state index in [1.807, 2.05) is 0 Å². The van der Waals surface area contributed by atoms with E-state index in [2.05, 4.69) is 10.2 Å². The van der Waals surface area contributed by atoms with Crippen LogP contribution in [0.15, 0.2) is 10.2 Å². The molecule has 4 heteroatoms. The van der Waals surface area contributed by atoms with Crippen molar-refractivity contribution in [2.75, 3.05) is 13.1 Å². The molecule has 0 radical (unpaired) electrons. The quantitative estimate of drug-likeness (QED) is 0.627. The lowest BCUT2D eigenvalue weighted by Gasteiger charge is -2.09. The average molecular weight is 169 g/mol. The first-order chi connectivity index (χ1) is 5.80. The number of amides is 1. The van der Waals surface area contributed by atoms with Gasteiger partial charge in [-0.25, -0.2) is 0 Å². The summed E-state index contributed by atoms with van der Waals surface area (Å²) in [5.74, 6) is -0.172. The van der Waals surface area contributed by atoms with Crippen molar-refractivity contribution in [3.8, 4) is 0 Å². The highest BCUT2D eigenvalue weighted by Gasteiger charge is 2.14. The van der Waals surface area contributed by atoms with Crippen LogP contribution in [0.5, 0.6) is 0 Å². The van der Waals surface area contributed by atoms with Crippen LogP contribution in [0.1, 0.15) is 25.7 Å². The van der Waals surface area contributed by atoms with Crippen LogP contribution in [-0.4, -0.2) is 19.0 Å². The van der Waals surface area contributed by atoms with Gasteiger partial charge in [-0.05, 0) is 19.3 Å². The van der Waals surface area contributed by atoms with Crippen LogP contribution >= 0.6 is 0 Å². The number of carbonyl (C=O) groups is 1. The first kappa shape index (κ1) is 9.16. The van der Waals surface area contributed by atoms with Gasteiger partial charge in [0, 0.05) is 5.92 Å². The number of azo groups is 1. The maximum Gasteiger partial charge on any atom is 0.220 e. The Hall–Kier alpha value is -0.930. The highest BCUT2D eigenvalue weighted by atomic mass is 16.1. The summed E-state index contributed by atoms with van der Waals surface area (Å²) < 4.78 is 0. The Morgan fingerprint density at radius 2 is 1.92 bits per heavy atom. The minimum absolute atomic E-state index is 0.0158. The molecule has 68 valence electrons. The van der Waals surface area contributed by atoms with E-state index in [9.17, 15) is 4.79 Å². The molecule has 1 rings (SSSR count). The molecule has 2 N–H and O–H groups in total. The molecule has 1 aliphatic heterocycles. The standard InChI is InChI=1S/C8H15N3O/c9-8(12)7-3-1-2-5-10-11-6-4-7/h7H,1-6H2,(H2,9,12). The van der Waals surface area contributed by atoms with Gasteiger partial charge in [-0.3, -0.25) is 4.79 Å². The number of carbonyl (C=O) groups excluding carboxylic acids is 1. The molecule has 0 bridgehead atoms. The van der Waals surface area contributed by atoms with Crippen molar-refractivity contribution in [1.29, 1.82) is 0 Å². The van der Waals surface area contributed by atoms with Gasteiger partial charge in [0.1, 0.15) is 0 Å². The van der Waals surface area contributed by atoms with E-state index in [1.54, 1.807) is 0 Å². The van der Waals surface area contributed by atoms with E-state index in [4.69, 9.17) is 5.73 Å². The zero-order valence-corrected chi connectivity index (χ0v) is 7.20. The Bertz CT molecular complexity index is 179. The Labute approximate surface area is 72.2 Å². The van der Waals surface area contributed by atoms with Gasteiger partial charge in [-0.15, -0.1) is 0 Å². The molecule has 0 spiro atoms. The maximum atomic E-state index is 10.9. The second-order valence-electron chi connectivity index (χ2n) is 3.11. The van der Waals surface area contributed by atoms with Gasteiger partial charge in [0.25, 0.3) is 0 Å². The summed E-state index contributed by atoms with van der Waals surface area (Å²) in [7, 11) is 0. The lowest BCUT2D eigenvalue weighted by atomic mass is 9.98. The molecule has 0 aromatic carbocycles. The van der Waals surface area contributed by atoms with Crippen LogP contribution in [0.3, 0.4) is 0 Å². The van der Waals surface area contributed by atoms with Gasteiger partial charge < -0.3 is 5.73 Å². The summed E-state index contributed by atoms with van der Waals surface area (Å²) in [6.45, 7) is 1.44. The average Bonchev–Trinajstić information content (AvgIpc) is 2.15. The van der Waals surface area contributed by atoms with Crippen molar-refractivity contribution in [1.82, 2.24) is 0 Å². The first-order valence-corrected chi connectivity index (χ1v) is 4.43. The summed E-state index contributed by atoms with van der Waals surface area (Å²) in [6.07, 6.45) is 3.72. The van der Waals surface area contributed by atoms with Gasteiger partial charge in [0.2, 0.25) is 5.91 Å². The van der Waals surface area contributed by atoms with Crippen molar-refractivity contribution in [3.63, 3.8) is 0 Å². The highest BCUT2D eigenvalue weighted by Crippen LogP contribution is 2.14. The van der Waals surface area contributed by atoms with E-state index in [-0.39, 0.29) is 11.8 Å². The molecule has 1 atom stereocenters. The monoisotopic (exact) mass is 169 g/mol. The number of primary amides is 1. The van der Waals surface area contributed by atoms with Crippen LogP contribution in [0.25, 0.3) is 0 Å². The van der Waals surface area contributed by atoms with Crippen molar-refractivity contribution >= 4 is 5.91 Å². The maximum absolute atomic E-state index is 10.9. The SMILES string of the molecule is NC(=O)C1CCCCN=NCC1. The van der Waals surface area contributed by atoms with Crippen molar-refractivity contribution in [2.45, 2.75) is 25.7 Å². The van der Waals surface area contributed by atoms with Crippen LogP contribution in [0.2, 0.25) is 0 Å². The minimum Gasteiger partial charge on any atom is -0.369 e. The molecule has 0 saturated heterocycles. The third-order valence-electron chi connectivity index (χ3n) is 2.14. The summed E-state index contributed by atoms with van der Waals surface area (Å²) in [5.41, 5.74) is 5.23. The molecule has 12 heavy (non-hydrogen) atoms. The number of nitrogens with zero attached hydrogens (tertiary/aromatic N) is 2. The Balaban J connectivity index is 2.41. The number of hydrogen-bond donors (Lipinski definition) is 1. The molecule has 0 aromatic rings. The normalized spacial score (nSPS) is 25.5. The van der Waals surface area contributed by atoms with Crippen LogP contribution in [0, 0.1) is 5.92 Å². The third kappa shape index (κ3) is 2.98. The summed E-state index contributed by atoms with van der Waals surface area (Å²) in [5, 5.41) is 7.90. The zero-order chi connectivity index (χ0) is 8.81. The number of nitrogens with two attached hydrogens (primary N) is 1. The fourth-order valence-electron chi connectivity index (χ4n) is 1.36. The molecular formula is C8H15N3O. The Morgan fingerprint density at radius 3 is 2.67 bits per heavy atom. The van der Waals surface area contributed by atoms with Gasteiger partial charge in [-0.2, -0.15) is 10.2 Å². The summed E-state index contributed by atoms with van der Waals surface area (Å²) in [4.78, 5) is 10.9. The van der Waals surface area contributed by atoms with E-state index in [0.717, 1.165) is 32.2 Å². The van der Waals surface area contributed by atoms with Crippen LogP contribution in [0.4, 0.5) is 0 Å². The lowest BCUT2D eigenvalue weighted by molar-refractivity contribution is -0.122. The smallest absolute Gasteiger partial charge is 0.220 e. The van der Waals surface area contributed by atoms with Crippen molar-refractivity contribution in [2.24, 2.45) is 21.9 Å². The molecule has 1 amide bonds. The first-order valence-electron chi connectivity index (χ1n) is 4.43. The number of rotatable bonds is 1. The third-order valence-corrected chi connectivity index (χ3v) is 2.14. The zero-order valence-electron chi connectivity index (χ0n) is 7.20. The predicted molar refractivity (Wildman–Crippen MR) is 45.7 cm³/mol. The molecule has 4 nitrogen and oxygen atoms in total. The van der Waals surface area contributed by atoms with Crippen molar-refractivity contribution in [3.05, 3.63) is 0 Å². The fourth-order valence-corrected chi connectivity index (χ4v) is 1.36. The van der Waals surface area contributed by atoms with Crippen LogP contribution in [-0.2, 0) is 4.79 Å². The van der Waals surface area contributed by atoms with E-state index in [1.165, 1.54) is 0 Å². The molecule has 1 unspecified atom stereocenters. The van der Waals surface area contributed by atoms with E-state index >= 15 is 0 Å². The fraction of sp³-hybridized carbons (Fsp3) is 0.875. The second-order valence-corrected chi connectivity index (χ2v) is 3.11. The molecule has 0 fully saturated rings. The summed E-state index contributed by atoms with van der Waals surface area (Å²) in [6, 6.07) is 0. The Morgan fingerprint density at radius 1 is 1.17 bits per heavy atom. The molecule has 1 aliphatic rings. The van der Waals surface area contributed by atoms with E-state index in [0.29, 0.717) is 6.54 Å².